The first kappa shape index (κ1) is 16.6. The van der Waals surface area contributed by atoms with Gasteiger partial charge in [-0.15, -0.1) is 0 Å². The lowest BCUT2D eigenvalue weighted by Gasteiger charge is -2.25. The molecule has 8 heteroatoms. The van der Waals surface area contributed by atoms with Gasteiger partial charge < -0.3 is 11.1 Å². The van der Waals surface area contributed by atoms with Crippen LogP contribution in [0.2, 0.25) is 0 Å². The Bertz CT molecular complexity index is 827. The predicted octanol–water partition coefficient (Wildman–Crippen LogP) is 1.61. The molecule has 4 N–H and O–H groups in total. The number of nitrogens with zero attached hydrogens (tertiary/aromatic N) is 3. The molecule has 1 aliphatic heterocycles. The van der Waals surface area contributed by atoms with E-state index in [1.807, 2.05) is 13.8 Å². The minimum atomic E-state index is -0.476. The van der Waals surface area contributed by atoms with E-state index in [-0.39, 0.29) is 11.3 Å². The second-order valence-electron chi connectivity index (χ2n) is 4.61. The maximum absolute atomic E-state index is 13.6. The van der Waals surface area contributed by atoms with Crippen molar-refractivity contribution in [2.24, 2.45) is 15.7 Å². The highest BCUT2D eigenvalue weighted by Gasteiger charge is 2.28. The van der Waals surface area contributed by atoms with Gasteiger partial charge in [-0.1, -0.05) is 13.8 Å². The van der Waals surface area contributed by atoms with Crippen LogP contribution < -0.4 is 16.6 Å². The lowest BCUT2D eigenvalue weighted by molar-refractivity contribution is 0.629. The predicted molar refractivity (Wildman–Crippen MR) is 90.9 cm³/mol. The van der Waals surface area contributed by atoms with Crippen molar-refractivity contribution in [3.63, 3.8) is 0 Å². The molecule has 23 heavy (non-hydrogen) atoms. The van der Waals surface area contributed by atoms with E-state index in [2.05, 4.69) is 25.5 Å². The lowest BCUT2D eigenvalue weighted by atomic mass is 9.94. The first-order valence-electron chi connectivity index (χ1n) is 7.32. The Morgan fingerprint density at radius 1 is 1.48 bits per heavy atom. The van der Waals surface area contributed by atoms with Gasteiger partial charge in [0.2, 0.25) is 0 Å². The van der Waals surface area contributed by atoms with Gasteiger partial charge in [0.15, 0.2) is 0 Å². The molecule has 2 aromatic rings. The lowest BCUT2D eigenvalue weighted by Crippen LogP contribution is -2.28. The zero-order valence-electron chi connectivity index (χ0n) is 13.2. The van der Waals surface area contributed by atoms with Crippen molar-refractivity contribution in [3.05, 3.63) is 34.0 Å². The molecular formula is C15H19FN6O. The van der Waals surface area contributed by atoms with Gasteiger partial charge in [0.25, 0.3) is 5.56 Å². The number of anilines is 1. The summed E-state index contributed by atoms with van der Waals surface area (Å²) in [5.41, 5.74) is 6.04. The summed E-state index contributed by atoms with van der Waals surface area (Å²) >= 11 is 0. The molecule has 7 nitrogen and oxygen atoms in total. The molecule has 1 aromatic carbocycles. The smallest absolute Gasteiger partial charge is 0.272 e. The molecule has 0 aliphatic carbocycles. The van der Waals surface area contributed by atoms with Crippen LogP contribution in [0.5, 0.6) is 0 Å². The number of hydrogen-bond donors (Lipinski definition) is 3. The van der Waals surface area contributed by atoms with Crippen molar-refractivity contribution in [1.82, 2.24) is 10.2 Å². The highest BCUT2D eigenvalue weighted by molar-refractivity contribution is 6.03. The Kier molecular flexibility index (Phi) is 5.05. The number of benzene rings is 1. The van der Waals surface area contributed by atoms with Gasteiger partial charge in [0.05, 0.1) is 23.3 Å². The van der Waals surface area contributed by atoms with Crippen molar-refractivity contribution < 1.29 is 4.39 Å². The van der Waals surface area contributed by atoms with Crippen molar-refractivity contribution in [2.75, 3.05) is 18.9 Å². The molecule has 0 amide bonds. The summed E-state index contributed by atoms with van der Waals surface area (Å²) in [7, 11) is 1.60. The van der Waals surface area contributed by atoms with E-state index < -0.39 is 11.4 Å². The Hall–Kier alpha value is -2.77. The summed E-state index contributed by atoms with van der Waals surface area (Å²) < 4.78 is 13.6. The number of amidine groups is 1. The number of aromatic nitrogens is 2. The first-order chi connectivity index (χ1) is 11.2. The van der Waals surface area contributed by atoms with Crippen LogP contribution in [0, 0.1) is 5.82 Å². The minimum Gasteiger partial charge on any atom is -0.390 e. The second kappa shape index (κ2) is 6.99. The van der Waals surface area contributed by atoms with Gasteiger partial charge in [0.1, 0.15) is 11.7 Å². The van der Waals surface area contributed by atoms with Gasteiger partial charge in [-0.25, -0.2) is 14.5 Å². The fraction of sp³-hybridized carbons (Fsp3) is 0.333. The third-order valence-corrected chi connectivity index (χ3v) is 3.46. The summed E-state index contributed by atoms with van der Waals surface area (Å²) in [6.07, 6.45) is 1.16. The van der Waals surface area contributed by atoms with Crippen LogP contribution in [0.3, 0.4) is 0 Å². The summed E-state index contributed by atoms with van der Waals surface area (Å²) in [6.45, 7) is 4.44. The largest absolute Gasteiger partial charge is 0.390 e. The average Bonchev–Trinajstić information content (AvgIpc) is 2.57. The van der Waals surface area contributed by atoms with Crippen LogP contribution in [-0.4, -0.2) is 36.0 Å². The summed E-state index contributed by atoms with van der Waals surface area (Å²) in [5.74, 6) is -0.261. The van der Waals surface area contributed by atoms with Crippen LogP contribution >= 0.6 is 0 Å². The molecule has 0 saturated carbocycles. The van der Waals surface area contributed by atoms with Gasteiger partial charge in [-0.05, 0) is 12.1 Å². The van der Waals surface area contributed by atoms with Crippen molar-refractivity contribution in [3.8, 4) is 0 Å². The number of aromatic amines is 1. The molecule has 0 fully saturated rings. The summed E-state index contributed by atoms with van der Waals surface area (Å²) in [6, 6.07) is 2.54. The SMILES string of the molecule is CC.CN=C(N=CN)C1CNc2cc(F)cc3c(=O)[nH]nc1c23. The molecule has 0 spiro atoms. The molecule has 1 atom stereocenters. The van der Waals surface area contributed by atoms with Gasteiger partial charge in [0, 0.05) is 24.7 Å². The Balaban J connectivity index is 0.000000924. The Morgan fingerprint density at radius 2 is 2.22 bits per heavy atom. The van der Waals surface area contributed by atoms with E-state index in [9.17, 15) is 9.18 Å². The molecule has 3 rings (SSSR count). The zero-order valence-corrected chi connectivity index (χ0v) is 13.2. The van der Waals surface area contributed by atoms with Gasteiger partial charge in [-0.2, -0.15) is 5.10 Å². The second-order valence-corrected chi connectivity index (χ2v) is 4.61. The number of nitrogens with one attached hydrogen (secondary N) is 2. The molecule has 2 heterocycles. The van der Waals surface area contributed by atoms with Crippen molar-refractivity contribution in [2.45, 2.75) is 19.8 Å². The van der Waals surface area contributed by atoms with Gasteiger partial charge >= 0.3 is 0 Å². The van der Waals surface area contributed by atoms with E-state index >= 15 is 0 Å². The fourth-order valence-corrected chi connectivity index (χ4v) is 2.58. The van der Waals surface area contributed by atoms with Crippen LogP contribution in [0.1, 0.15) is 25.5 Å². The molecule has 0 saturated heterocycles. The number of aliphatic imine (C=N–C) groups is 2. The maximum Gasteiger partial charge on any atom is 0.272 e. The zero-order chi connectivity index (χ0) is 17.0. The van der Waals surface area contributed by atoms with Gasteiger partial charge in [-0.3, -0.25) is 9.79 Å². The molecule has 1 unspecified atom stereocenters. The number of nitrogens with two attached hydrogens (primary N) is 1. The molecule has 1 aromatic heterocycles. The summed E-state index contributed by atoms with van der Waals surface area (Å²) in [5, 5.41) is 10.4. The highest BCUT2D eigenvalue weighted by atomic mass is 19.1. The van der Waals surface area contributed by atoms with E-state index in [0.717, 1.165) is 6.34 Å². The quantitative estimate of drug-likeness (QED) is 0.548. The number of hydrogen-bond acceptors (Lipinski definition) is 4. The van der Waals surface area contributed by atoms with E-state index in [1.54, 1.807) is 7.05 Å². The van der Waals surface area contributed by atoms with Crippen LogP contribution in [0.25, 0.3) is 10.8 Å². The Morgan fingerprint density at radius 3 is 2.87 bits per heavy atom. The summed E-state index contributed by atoms with van der Waals surface area (Å²) in [4.78, 5) is 20.0. The molecular weight excluding hydrogens is 299 g/mol. The van der Waals surface area contributed by atoms with Crippen LogP contribution in [-0.2, 0) is 0 Å². The molecule has 1 aliphatic rings. The third-order valence-electron chi connectivity index (χ3n) is 3.46. The number of rotatable bonds is 1. The van der Waals surface area contributed by atoms with E-state index in [0.29, 0.717) is 29.1 Å². The highest BCUT2D eigenvalue weighted by Crippen LogP contribution is 2.34. The normalized spacial score (nSPS) is 16.9. The van der Waals surface area contributed by atoms with Crippen molar-refractivity contribution in [1.29, 1.82) is 0 Å². The fourth-order valence-electron chi connectivity index (χ4n) is 2.58. The van der Waals surface area contributed by atoms with E-state index in [4.69, 9.17) is 5.73 Å². The molecule has 0 bridgehead atoms. The standard InChI is InChI=1S/C13H13FN6O.C2H6/c1-16-12(18-5-15)8-4-17-9-3-6(14)2-7-10(9)11(8)19-20-13(7)21;1-2/h2-3,5,8,17H,4H2,1H3,(H,20,21)(H2,15,16,18);1-2H3. The average molecular weight is 318 g/mol. The minimum absolute atomic E-state index is 0.249. The topological polar surface area (TPSA) is 109 Å². The van der Waals surface area contributed by atoms with Crippen LogP contribution in [0.15, 0.2) is 26.9 Å². The first-order valence-corrected chi connectivity index (χ1v) is 7.32. The molecule has 122 valence electrons. The third kappa shape index (κ3) is 2.92. The monoisotopic (exact) mass is 318 g/mol. The maximum atomic E-state index is 13.6. The number of halogens is 1. The Labute approximate surface area is 132 Å². The van der Waals surface area contributed by atoms with Crippen LogP contribution in [0.4, 0.5) is 10.1 Å². The van der Waals surface area contributed by atoms with E-state index in [1.165, 1.54) is 12.1 Å². The number of H-pyrrole nitrogens is 1. The van der Waals surface area contributed by atoms with Crippen molar-refractivity contribution >= 4 is 28.6 Å². The molecule has 0 radical (unpaired) electrons.